The molecule has 21 heavy (non-hydrogen) atoms. The maximum Gasteiger partial charge on any atom is 0.310 e. The second-order valence-corrected chi connectivity index (χ2v) is 6.77. The summed E-state index contributed by atoms with van der Waals surface area (Å²) in [7, 11) is -3.67. The number of benzene rings is 1. The Kier molecular flexibility index (Phi) is 4.76. The van der Waals surface area contributed by atoms with Gasteiger partial charge in [-0.25, -0.2) is 8.42 Å². The van der Waals surface area contributed by atoms with Crippen molar-refractivity contribution in [1.82, 2.24) is 5.32 Å². The zero-order valence-electron chi connectivity index (χ0n) is 11.5. The van der Waals surface area contributed by atoms with Gasteiger partial charge in [0.05, 0.1) is 18.1 Å². The molecule has 1 saturated heterocycles. The lowest BCUT2D eigenvalue weighted by Crippen LogP contribution is -2.45. The number of ether oxygens (including phenoxy) is 1. The lowest BCUT2D eigenvalue weighted by atomic mass is 10.2. The molecule has 1 aliphatic heterocycles. The quantitative estimate of drug-likeness (QED) is 0.597. The van der Waals surface area contributed by atoms with Gasteiger partial charge in [0, 0.05) is 25.4 Å². The van der Waals surface area contributed by atoms with E-state index in [1.165, 1.54) is 18.2 Å². The third-order valence-corrected chi connectivity index (χ3v) is 4.25. The van der Waals surface area contributed by atoms with E-state index in [9.17, 15) is 18.5 Å². The predicted molar refractivity (Wildman–Crippen MR) is 77.3 cm³/mol. The molecule has 9 heteroatoms. The molecule has 0 saturated carbocycles. The van der Waals surface area contributed by atoms with Gasteiger partial charge in [0.25, 0.3) is 0 Å². The smallest absolute Gasteiger partial charge is 0.310 e. The number of nitrogens with zero attached hydrogens (tertiary/aromatic N) is 1. The highest BCUT2D eigenvalue weighted by Crippen LogP contribution is 2.31. The van der Waals surface area contributed by atoms with Gasteiger partial charge in [0.2, 0.25) is 0 Å². The Hall–Kier alpha value is -1.71. The lowest BCUT2D eigenvalue weighted by Gasteiger charge is -2.24. The zero-order chi connectivity index (χ0) is 15.5. The molecule has 1 heterocycles. The zero-order valence-corrected chi connectivity index (χ0v) is 12.4. The summed E-state index contributed by atoms with van der Waals surface area (Å²) in [5.41, 5.74) is -0.230. The van der Waals surface area contributed by atoms with Crippen LogP contribution >= 0.6 is 0 Å². The summed E-state index contributed by atoms with van der Waals surface area (Å²) in [4.78, 5) is 10.2. The fourth-order valence-electron chi connectivity index (χ4n) is 2.14. The van der Waals surface area contributed by atoms with E-state index in [1.54, 1.807) is 0 Å². The Morgan fingerprint density at radius 1 is 1.52 bits per heavy atom. The Balaban J connectivity index is 2.24. The minimum atomic E-state index is -3.67. The molecule has 0 amide bonds. The first-order valence-corrected chi connectivity index (χ1v) is 8.31. The summed E-state index contributed by atoms with van der Waals surface area (Å²) in [5, 5.41) is 17.3. The van der Waals surface area contributed by atoms with E-state index in [1.807, 2.05) is 0 Å². The number of nitro benzene ring substituents is 1. The van der Waals surface area contributed by atoms with Gasteiger partial charge in [-0.15, -0.1) is 0 Å². The number of hydrogen-bond acceptors (Lipinski definition) is 7. The van der Waals surface area contributed by atoms with Crippen molar-refractivity contribution in [3.63, 3.8) is 0 Å². The minimum absolute atomic E-state index is 0.0280. The van der Waals surface area contributed by atoms with Crippen molar-refractivity contribution in [3.8, 4) is 0 Å². The minimum Gasteiger partial charge on any atom is -0.378 e. The van der Waals surface area contributed by atoms with Gasteiger partial charge in [-0.2, -0.15) is 0 Å². The molecule has 1 aliphatic rings. The van der Waals surface area contributed by atoms with E-state index >= 15 is 0 Å². The largest absolute Gasteiger partial charge is 0.378 e. The van der Waals surface area contributed by atoms with E-state index in [-0.39, 0.29) is 16.6 Å². The molecule has 0 aliphatic carbocycles. The van der Waals surface area contributed by atoms with Crippen LogP contribution in [0.2, 0.25) is 0 Å². The van der Waals surface area contributed by atoms with Crippen molar-refractivity contribution in [2.75, 3.05) is 37.9 Å². The van der Waals surface area contributed by atoms with Gasteiger partial charge in [-0.1, -0.05) is 6.07 Å². The van der Waals surface area contributed by atoms with E-state index in [2.05, 4.69) is 10.6 Å². The number of morpholine rings is 1. The van der Waals surface area contributed by atoms with Crippen molar-refractivity contribution in [2.24, 2.45) is 0 Å². The highest BCUT2D eigenvalue weighted by atomic mass is 32.2. The highest BCUT2D eigenvalue weighted by Gasteiger charge is 2.26. The predicted octanol–water partition coefficient (Wildman–Crippen LogP) is 0.399. The molecule has 0 spiro atoms. The number of para-hydroxylation sites is 1. The summed E-state index contributed by atoms with van der Waals surface area (Å²) in [6.45, 7) is 2.28. The first-order chi connectivity index (χ1) is 9.89. The molecule has 1 atom stereocenters. The summed E-state index contributed by atoms with van der Waals surface area (Å²) < 4.78 is 28.6. The fourth-order valence-corrected chi connectivity index (χ4v) is 3.00. The molecule has 0 bridgehead atoms. The van der Waals surface area contributed by atoms with Crippen LogP contribution in [0.5, 0.6) is 0 Å². The van der Waals surface area contributed by atoms with Crippen LogP contribution in [0.25, 0.3) is 0 Å². The summed E-state index contributed by atoms with van der Waals surface area (Å²) in [5.74, 6) is 0. The van der Waals surface area contributed by atoms with Gasteiger partial charge in [0.1, 0.15) is 10.6 Å². The maximum atomic E-state index is 11.7. The summed E-state index contributed by atoms with van der Waals surface area (Å²) >= 11 is 0. The maximum absolute atomic E-state index is 11.7. The van der Waals surface area contributed by atoms with Crippen LogP contribution in [0.4, 0.5) is 11.4 Å². The number of nitrogens with one attached hydrogen (secondary N) is 2. The third kappa shape index (κ3) is 3.90. The summed E-state index contributed by atoms with van der Waals surface area (Å²) in [6.07, 6.45) is 0.954. The Bertz CT molecular complexity index is 626. The number of rotatable bonds is 5. The van der Waals surface area contributed by atoms with Crippen LogP contribution in [0.15, 0.2) is 23.1 Å². The number of hydrogen-bond donors (Lipinski definition) is 2. The molecule has 2 rings (SSSR count). The molecular weight excluding hydrogens is 298 g/mol. The Morgan fingerprint density at radius 2 is 2.29 bits per heavy atom. The fraction of sp³-hybridized carbons (Fsp3) is 0.500. The van der Waals surface area contributed by atoms with E-state index in [0.29, 0.717) is 19.8 Å². The molecule has 1 aromatic rings. The molecule has 2 N–H and O–H groups in total. The molecule has 1 aromatic carbocycles. The molecule has 0 radical (unpaired) electrons. The highest BCUT2D eigenvalue weighted by molar-refractivity contribution is 7.90. The first kappa shape index (κ1) is 15.7. The summed E-state index contributed by atoms with van der Waals surface area (Å²) in [6, 6.07) is 4.24. The molecule has 1 unspecified atom stereocenters. The van der Waals surface area contributed by atoms with E-state index in [0.717, 1.165) is 12.8 Å². The standard InChI is InChI=1S/C12H17N3O5S/c1-21(18,19)11-4-2-3-10(12(11)15(16)17)14-7-9-8-20-6-5-13-9/h2-4,9,13-14H,5-8H2,1H3. The molecule has 116 valence electrons. The van der Waals surface area contributed by atoms with Gasteiger partial charge in [-0.3, -0.25) is 10.1 Å². The van der Waals surface area contributed by atoms with Crippen molar-refractivity contribution < 1.29 is 18.1 Å². The van der Waals surface area contributed by atoms with Gasteiger partial charge < -0.3 is 15.4 Å². The van der Waals surface area contributed by atoms with Crippen LogP contribution in [-0.4, -0.2) is 51.9 Å². The topological polar surface area (TPSA) is 111 Å². The third-order valence-electron chi connectivity index (χ3n) is 3.12. The average molecular weight is 315 g/mol. The molecule has 0 aromatic heterocycles. The monoisotopic (exact) mass is 315 g/mol. The Morgan fingerprint density at radius 3 is 2.86 bits per heavy atom. The lowest BCUT2D eigenvalue weighted by molar-refractivity contribution is -0.386. The van der Waals surface area contributed by atoms with Crippen molar-refractivity contribution >= 4 is 21.2 Å². The van der Waals surface area contributed by atoms with Crippen molar-refractivity contribution in [2.45, 2.75) is 10.9 Å². The number of sulfone groups is 1. The molecule has 8 nitrogen and oxygen atoms in total. The van der Waals surface area contributed by atoms with E-state index in [4.69, 9.17) is 4.74 Å². The number of nitro groups is 1. The van der Waals surface area contributed by atoms with Gasteiger partial charge in [-0.05, 0) is 12.1 Å². The molecule has 1 fully saturated rings. The normalized spacial score (nSPS) is 19.2. The van der Waals surface area contributed by atoms with Gasteiger partial charge >= 0.3 is 5.69 Å². The Labute approximate surface area is 122 Å². The second kappa shape index (κ2) is 6.37. The second-order valence-electron chi connectivity index (χ2n) is 4.79. The van der Waals surface area contributed by atoms with Gasteiger partial charge in [0.15, 0.2) is 9.84 Å². The van der Waals surface area contributed by atoms with Crippen LogP contribution < -0.4 is 10.6 Å². The van der Waals surface area contributed by atoms with Crippen LogP contribution in [0.3, 0.4) is 0 Å². The first-order valence-electron chi connectivity index (χ1n) is 6.42. The van der Waals surface area contributed by atoms with Crippen molar-refractivity contribution in [3.05, 3.63) is 28.3 Å². The number of anilines is 1. The van der Waals surface area contributed by atoms with Crippen LogP contribution in [-0.2, 0) is 14.6 Å². The van der Waals surface area contributed by atoms with E-state index < -0.39 is 20.4 Å². The van der Waals surface area contributed by atoms with Crippen LogP contribution in [0, 0.1) is 10.1 Å². The van der Waals surface area contributed by atoms with Crippen LogP contribution in [0.1, 0.15) is 0 Å². The average Bonchev–Trinajstić information content (AvgIpc) is 2.44. The SMILES string of the molecule is CS(=O)(=O)c1cccc(NCC2COCCN2)c1[N+](=O)[O-]. The molecular formula is C12H17N3O5S. The van der Waals surface area contributed by atoms with Crippen molar-refractivity contribution in [1.29, 1.82) is 0 Å².